The Hall–Kier alpha value is -3.11. The van der Waals surface area contributed by atoms with E-state index in [2.05, 4.69) is 60.7 Å². The monoisotopic (exact) mass is 388 g/mol. The van der Waals surface area contributed by atoms with Crippen LogP contribution in [0.2, 0.25) is 0 Å². The van der Waals surface area contributed by atoms with E-state index >= 15 is 0 Å². The summed E-state index contributed by atoms with van der Waals surface area (Å²) in [6.07, 6.45) is 0. The summed E-state index contributed by atoms with van der Waals surface area (Å²) in [4.78, 5) is 16.0. The maximum absolute atomic E-state index is 12.7. The van der Waals surface area contributed by atoms with Crippen LogP contribution in [0.5, 0.6) is 0 Å². The first-order valence-electron chi connectivity index (χ1n) is 9.96. The van der Waals surface area contributed by atoms with E-state index in [1.54, 1.807) is 0 Å². The summed E-state index contributed by atoms with van der Waals surface area (Å²) in [6, 6.07) is 26.7. The SMILES string of the molecule is CN(C)c1ccc([C@H](CNC(=O)c2ccc(-c3ccccc3)cc2)[NH+](C)C)cc1. The van der Waals surface area contributed by atoms with Gasteiger partial charge in [0, 0.05) is 30.9 Å². The van der Waals surface area contributed by atoms with Crippen LogP contribution >= 0.6 is 0 Å². The minimum atomic E-state index is -0.0410. The third kappa shape index (κ3) is 5.24. The lowest BCUT2D eigenvalue weighted by atomic mass is 10.0. The molecule has 3 aromatic carbocycles. The first-order valence-corrected chi connectivity index (χ1v) is 9.96. The van der Waals surface area contributed by atoms with E-state index in [1.807, 2.05) is 56.6 Å². The van der Waals surface area contributed by atoms with Gasteiger partial charge in [0.2, 0.25) is 0 Å². The molecular weight excluding hydrogens is 358 g/mol. The molecule has 0 aliphatic carbocycles. The van der Waals surface area contributed by atoms with Crippen molar-refractivity contribution in [1.82, 2.24) is 5.32 Å². The Labute approximate surface area is 173 Å². The third-order valence-corrected chi connectivity index (χ3v) is 5.23. The van der Waals surface area contributed by atoms with Crippen molar-refractivity contribution in [2.45, 2.75) is 6.04 Å². The zero-order valence-corrected chi connectivity index (χ0v) is 17.6. The van der Waals surface area contributed by atoms with E-state index in [9.17, 15) is 4.79 Å². The minimum absolute atomic E-state index is 0.0410. The molecule has 1 atom stereocenters. The molecule has 1 amide bonds. The van der Waals surface area contributed by atoms with E-state index < -0.39 is 0 Å². The molecule has 150 valence electrons. The number of anilines is 1. The number of hydrogen-bond donors (Lipinski definition) is 2. The number of carbonyl (C=O) groups is 1. The molecule has 0 aliphatic rings. The number of amides is 1. The molecule has 0 radical (unpaired) electrons. The molecule has 0 aliphatic heterocycles. The molecule has 3 rings (SSSR count). The Balaban J connectivity index is 1.66. The Kier molecular flexibility index (Phi) is 6.68. The van der Waals surface area contributed by atoms with Crippen LogP contribution in [0, 0.1) is 0 Å². The van der Waals surface area contributed by atoms with Crippen molar-refractivity contribution in [1.29, 1.82) is 0 Å². The van der Waals surface area contributed by atoms with Gasteiger partial charge in [-0.1, -0.05) is 54.6 Å². The Bertz CT molecular complexity index is 917. The number of carbonyl (C=O) groups excluding carboxylic acids is 1. The van der Waals surface area contributed by atoms with Crippen molar-refractivity contribution in [2.24, 2.45) is 0 Å². The van der Waals surface area contributed by atoms with Gasteiger partial charge in [0.1, 0.15) is 6.04 Å². The van der Waals surface area contributed by atoms with Gasteiger partial charge in [-0.25, -0.2) is 0 Å². The Morgan fingerprint density at radius 1 is 0.862 bits per heavy atom. The molecule has 3 aromatic rings. The molecule has 0 spiro atoms. The minimum Gasteiger partial charge on any atom is -0.378 e. The molecule has 2 N–H and O–H groups in total. The van der Waals surface area contributed by atoms with Crippen LogP contribution in [0.25, 0.3) is 11.1 Å². The largest absolute Gasteiger partial charge is 0.378 e. The van der Waals surface area contributed by atoms with E-state index in [4.69, 9.17) is 0 Å². The molecule has 4 heteroatoms. The number of likely N-dealkylation sites (N-methyl/N-ethyl adjacent to an activating group) is 1. The number of nitrogens with zero attached hydrogens (tertiary/aromatic N) is 1. The van der Waals surface area contributed by atoms with Gasteiger partial charge in [-0.2, -0.15) is 0 Å². The predicted molar refractivity (Wildman–Crippen MR) is 121 cm³/mol. The highest BCUT2D eigenvalue weighted by molar-refractivity contribution is 5.94. The fourth-order valence-electron chi connectivity index (χ4n) is 3.40. The average Bonchev–Trinajstić information content (AvgIpc) is 2.74. The normalized spacial score (nSPS) is 11.9. The molecular formula is C25H30N3O+. The lowest BCUT2D eigenvalue weighted by Crippen LogP contribution is -3.07. The summed E-state index contributed by atoms with van der Waals surface area (Å²) in [6.45, 7) is 0.586. The summed E-state index contributed by atoms with van der Waals surface area (Å²) >= 11 is 0. The second-order valence-electron chi connectivity index (χ2n) is 7.77. The van der Waals surface area contributed by atoms with Gasteiger partial charge in [0.05, 0.1) is 20.6 Å². The summed E-state index contributed by atoms with van der Waals surface area (Å²) in [5, 5.41) is 3.11. The number of rotatable bonds is 7. The van der Waals surface area contributed by atoms with Crippen molar-refractivity contribution in [3.63, 3.8) is 0 Å². The zero-order valence-electron chi connectivity index (χ0n) is 17.6. The van der Waals surface area contributed by atoms with E-state index in [-0.39, 0.29) is 11.9 Å². The van der Waals surface area contributed by atoms with Crippen molar-refractivity contribution < 1.29 is 9.69 Å². The van der Waals surface area contributed by atoms with Gasteiger partial charge in [-0.3, -0.25) is 4.79 Å². The highest BCUT2D eigenvalue weighted by Gasteiger charge is 2.19. The summed E-state index contributed by atoms with van der Waals surface area (Å²) in [5.74, 6) is -0.0410. The van der Waals surface area contributed by atoms with Crippen molar-refractivity contribution in [2.75, 3.05) is 39.6 Å². The van der Waals surface area contributed by atoms with Crippen molar-refractivity contribution >= 4 is 11.6 Å². The number of benzene rings is 3. The van der Waals surface area contributed by atoms with Gasteiger partial charge in [-0.05, 0) is 35.4 Å². The van der Waals surface area contributed by atoms with Crippen LogP contribution in [-0.4, -0.2) is 40.6 Å². The molecule has 0 fully saturated rings. The number of quaternary nitrogens is 1. The molecule has 0 bridgehead atoms. The standard InChI is InChI=1S/C25H29N3O/c1-27(2)23-16-14-21(15-17-23)24(28(3)4)18-26-25(29)22-12-10-20(11-13-22)19-8-6-5-7-9-19/h5-17,24H,18H2,1-4H3,(H,26,29)/p+1/t24-/m0/s1. The van der Waals surface area contributed by atoms with Crippen LogP contribution in [0.3, 0.4) is 0 Å². The number of nitrogens with one attached hydrogen (secondary N) is 2. The Morgan fingerprint density at radius 2 is 1.45 bits per heavy atom. The van der Waals surface area contributed by atoms with Gasteiger partial charge in [0.25, 0.3) is 5.91 Å². The highest BCUT2D eigenvalue weighted by atomic mass is 16.1. The molecule has 29 heavy (non-hydrogen) atoms. The molecule has 4 nitrogen and oxygen atoms in total. The fraction of sp³-hybridized carbons (Fsp3) is 0.240. The molecule has 0 saturated carbocycles. The number of hydrogen-bond acceptors (Lipinski definition) is 2. The first-order chi connectivity index (χ1) is 14.0. The van der Waals surface area contributed by atoms with E-state index in [0.29, 0.717) is 12.1 Å². The van der Waals surface area contributed by atoms with Crippen molar-refractivity contribution in [3.05, 3.63) is 90.0 Å². The quantitative estimate of drug-likeness (QED) is 0.653. The summed E-state index contributed by atoms with van der Waals surface area (Å²) in [5.41, 5.74) is 5.33. The van der Waals surface area contributed by atoms with Gasteiger partial charge in [0.15, 0.2) is 0 Å². The smallest absolute Gasteiger partial charge is 0.251 e. The van der Waals surface area contributed by atoms with Gasteiger partial charge >= 0.3 is 0 Å². The first kappa shape index (κ1) is 20.6. The lowest BCUT2D eigenvalue weighted by Gasteiger charge is -2.23. The predicted octanol–water partition coefficient (Wildman–Crippen LogP) is 3.04. The zero-order chi connectivity index (χ0) is 20.8. The topological polar surface area (TPSA) is 36.8 Å². The van der Waals surface area contributed by atoms with Gasteiger partial charge in [-0.15, -0.1) is 0 Å². The fourth-order valence-corrected chi connectivity index (χ4v) is 3.40. The second-order valence-corrected chi connectivity index (χ2v) is 7.77. The van der Waals surface area contributed by atoms with Crippen LogP contribution < -0.4 is 15.1 Å². The van der Waals surface area contributed by atoms with Crippen LogP contribution in [0.1, 0.15) is 22.0 Å². The third-order valence-electron chi connectivity index (χ3n) is 5.23. The van der Waals surface area contributed by atoms with Crippen LogP contribution in [0.4, 0.5) is 5.69 Å². The molecule has 0 aromatic heterocycles. The molecule has 0 unspecified atom stereocenters. The maximum Gasteiger partial charge on any atom is 0.251 e. The van der Waals surface area contributed by atoms with Crippen molar-refractivity contribution in [3.8, 4) is 11.1 Å². The molecule has 0 saturated heterocycles. The second kappa shape index (κ2) is 9.39. The van der Waals surface area contributed by atoms with E-state index in [0.717, 1.165) is 11.1 Å². The van der Waals surface area contributed by atoms with Gasteiger partial charge < -0.3 is 15.1 Å². The summed E-state index contributed by atoms with van der Waals surface area (Å²) in [7, 11) is 8.30. The maximum atomic E-state index is 12.7. The Morgan fingerprint density at radius 3 is 2.00 bits per heavy atom. The average molecular weight is 389 g/mol. The highest BCUT2D eigenvalue weighted by Crippen LogP contribution is 2.19. The van der Waals surface area contributed by atoms with Crippen LogP contribution in [0.15, 0.2) is 78.9 Å². The molecule has 0 heterocycles. The van der Waals surface area contributed by atoms with E-state index in [1.165, 1.54) is 16.2 Å². The lowest BCUT2D eigenvalue weighted by molar-refractivity contribution is -0.890. The summed E-state index contributed by atoms with van der Waals surface area (Å²) < 4.78 is 0. The van der Waals surface area contributed by atoms with Crippen LogP contribution in [-0.2, 0) is 0 Å².